The standard InChI is InChI=1S/C6H7N3O/c1-8-3-5-4-10-6(2-7)9-5/h4,8H,3H2,1H3. The number of nitrogens with zero attached hydrogens (tertiary/aromatic N) is 2. The molecule has 0 spiro atoms. The molecule has 0 fully saturated rings. The maximum absolute atomic E-state index is 8.29. The van der Waals surface area contributed by atoms with Crippen LogP contribution in [0.2, 0.25) is 0 Å². The van der Waals surface area contributed by atoms with Crippen molar-refractivity contribution in [1.82, 2.24) is 10.3 Å². The van der Waals surface area contributed by atoms with E-state index in [1.807, 2.05) is 0 Å². The second kappa shape index (κ2) is 2.99. The highest BCUT2D eigenvalue weighted by atomic mass is 16.3. The van der Waals surface area contributed by atoms with Gasteiger partial charge in [-0.15, -0.1) is 0 Å². The van der Waals surface area contributed by atoms with Crippen LogP contribution in [0, 0.1) is 11.3 Å². The Bertz CT molecular complexity index is 248. The number of rotatable bonds is 2. The van der Waals surface area contributed by atoms with Crippen molar-refractivity contribution in [2.24, 2.45) is 0 Å². The van der Waals surface area contributed by atoms with Crippen LogP contribution in [0.1, 0.15) is 11.6 Å². The molecule has 0 aliphatic carbocycles. The first-order valence-electron chi connectivity index (χ1n) is 2.86. The predicted octanol–water partition coefficient (Wildman–Crippen LogP) is 0.266. The zero-order valence-corrected chi connectivity index (χ0v) is 5.59. The van der Waals surface area contributed by atoms with Crippen LogP contribution < -0.4 is 5.32 Å². The summed E-state index contributed by atoms with van der Waals surface area (Å²) in [5, 5.41) is 11.2. The lowest BCUT2D eigenvalue weighted by Crippen LogP contribution is -2.04. The van der Waals surface area contributed by atoms with E-state index in [2.05, 4.69) is 10.3 Å². The summed E-state index contributed by atoms with van der Waals surface area (Å²) in [5.41, 5.74) is 0.749. The van der Waals surface area contributed by atoms with Crippen molar-refractivity contribution in [3.05, 3.63) is 17.8 Å². The van der Waals surface area contributed by atoms with Crippen LogP contribution in [0.5, 0.6) is 0 Å². The molecule has 4 nitrogen and oxygen atoms in total. The van der Waals surface area contributed by atoms with Crippen molar-refractivity contribution in [3.63, 3.8) is 0 Å². The fourth-order valence-electron chi connectivity index (χ4n) is 0.621. The van der Waals surface area contributed by atoms with Crippen molar-refractivity contribution in [3.8, 4) is 6.07 Å². The third-order valence-electron chi connectivity index (χ3n) is 1.01. The minimum absolute atomic E-state index is 0.116. The first kappa shape index (κ1) is 6.78. The smallest absolute Gasteiger partial charge is 0.300 e. The predicted molar refractivity (Wildman–Crippen MR) is 34.0 cm³/mol. The largest absolute Gasteiger partial charge is 0.437 e. The molecule has 0 atom stereocenters. The summed E-state index contributed by atoms with van der Waals surface area (Å²) >= 11 is 0. The molecule has 0 unspecified atom stereocenters. The van der Waals surface area contributed by atoms with E-state index in [1.165, 1.54) is 6.26 Å². The average Bonchev–Trinajstić information content (AvgIpc) is 2.37. The second-order valence-corrected chi connectivity index (χ2v) is 1.79. The lowest BCUT2D eigenvalue weighted by Gasteiger charge is -1.87. The summed E-state index contributed by atoms with van der Waals surface area (Å²) < 4.78 is 4.75. The van der Waals surface area contributed by atoms with Crippen LogP contribution >= 0.6 is 0 Å². The molecule has 0 radical (unpaired) electrons. The van der Waals surface area contributed by atoms with Crippen molar-refractivity contribution in [2.45, 2.75) is 6.54 Å². The fourth-order valence-corrected chi connectivity index (χ4v) is 0.621. The van der Waals surface area contributed by atoms with E-state index in [9.17, 15) is 0 Å². The minimum Gasteiger partial charge on any atom is -0.437 e. The van der Waals surface area contributed by atoms with Gasteiger partial charge in [0.15, 0.2) is 6.07 Å². The molecule has 0 amide bonds. The van der Waals surface area contributed by atoms with Crippen molar-refractivity contribution >= 4 is 0 Å². The molecular formula is C6H7N3O. The Kier molecular flexibility index (Phi) is 2.03. The van der Waals surface area contributed by atoms with Gasteiger partial charge in [-0.25, -0.2) is 4.98 Å². The van der Waals surface area contributed by atoms with Gasteiger partial charge in [0.2, 0.25) is 0 Å². The number of nitriles is 1. The Balaban J connectivity index is 2.71. The third kappa shape index (κ3) is 1.33. The van der Waals surface area contributed by atoms with Crippen molar-refractivity contribution in [2.75, 3.05) is 7.05 Å². The van der Waals surface area contributed by atoms with Crippen LogP contribution in [0.15, 0.2) is 10.7 Å². The number of hydrogen-bond donors (Lipinski definition) is 1. The van der Waals surface area contributed by atoms with Gasteiger partial charge in [-0.2, -0.15) is 5.26 Å². The molecular weight excluding hydrogens is 130 g/mol. The normalized spacial score (nSPS) is 9.20. The molecule has 0 saturated heterocycles. The summed E-state index contributed by atoms with van der Waals surface area (Å²) in [4.78, 5) is 3.83. The molecule has 4 heteroatoms. The number of oxazole rings is 1. The summed E-state index contributed by atoms with van der Waals surface area (Å²) in [5.74, 6) is 0.116. The molecule has 1 aromatic rings. The fraction of sp³-hybridized carbons (Fsp3) is 0.333. The van der Waals surface area contributed by atoms with E-state index in [-0.39, 0.29) is 5.89 Å². The Morgan fingerprint density at radius 1 is 1.90 bits per heavy atom. The zero-order valence-electron chi connectivity index (χ0n) is 5.59. The number of aromatic nitrogens is 1. The quantitative estimate of drug-likeness (QED) is 0.635. The molecule has 52 valence electrons. The summed E-state index contributed by atoms with van der Waals surface area (Å²) in [6.07, 6.45) is 1.47. The molecule has 1 rings (SSSR count). The second-order valence-electron chi connectivity index (χ2n) is 1.79. The van der Waals surface area contributed by atoms with Crippen molar-refractivity contribution < 1.29 is 4.42 Å². The topological polar surface area (TPSA) is 61.9 Å². The van der Waals surface area contributed by atoms with Gasteiger partial charge in [-0.3, -0.25) is 0 Å². The number of nitrogens with one attached hydrogen (secondary N) is 1. The Morgan fingerprint density at radius 2 is 2.70 bits per heavy atom. The Labute approximate surface area is 58.5 Å². The summed E-state index contributed by atoms with van der Waals surface area (Å²) in [6, 6.07) is 1.80. The molecule has 1 aromatic heterocycles. The van der Waals surface area contributed by atoms with Crippen LogP contribution in [0.25, 0.3) is 0 Å². The van der Waals surface area contributed by atoms with Gasteiger partial charge in [-0.05, 0) is 7.05 Å². The maximum atomic E-state index is 8.29. The molecule has 0 aromatic carbocycles. The minimum atomic E-state index is 0.116. The van der Waals surface area contributed by atoms with Gasteiger partial charge in [0, 0.05) is 6.54 Å². The Hall–Kier alpha value is -1.34. The lowest BCUT2D eigenvalue weighted by atomic mass is 10.5. The highest BCUT2D eigenvalue weighted by molar-refractivity contribution is 5.08. The van der Waals surface area contributed by atoms with E-state index >= 15 is 0 Å². The molecule has 0 aliphatic rings. The van der Waals surface area contributed by atoms with Gasteiger partial charge < -0.3 is 9.73 Å². The van der Waals surface area contributed by atoms with Gasteiger partial charge in [0.05, 0.1) is 5.69 Å². The SMILES string of the molecule is CNCc1coc(C#N)n1. The van der Waals surface area contributed by atoms with Crippen LogP contribution in [0.3, 0.4) is 0 Å². The summed E-state index contributed by atoms with van der Waals surface area (Å²) in [6.45, 7) is 0.630. The molecule has 10 heavy (non-hydrogen) atoms. The highest BCUT2D eigenvalue weighted by Gasteiger charge is 1.99. The van der Waals surface area contributed by atoms with Gasteiger partial charge in [-0.1, -0.05) is 0 Å². The zero-order chi connectivity index (χ0) is 7.40. The first-order chi connectivity index (χ1) is 4.86. The van der Waals surface area contributed by atoms with Gasteiger partial charge in [0.1, 0.15) is 6.26 Å². The first-order valence-corrected chi connectivity index (χ1v) is 2.86. The van der Waals surface area contributed by atoms with E-state index in [0.29, 0.717) is 6.54 Å². The van der Waals surface area contributed by atoms with Crippen LogP contribution in [-0.4, -0.2) is 12.0 Å². The third-order valence-corrected chi connectivity index (χ3v) is 1.01. The highest BCUT2D eigenvalue weighted by Crippen LogP contribution is 1.98. The van der Waals surface area contributed by atoms with E-state index in [1.54, 1.807) is 13.1 Å². The van der Waals surface area contributed by atoms with Crippen molar-refractivity contribution in [1.29, 1.82) is 5.26 Å². The van der Waals surface area contributed by atoms with Gasteiger partial charge >= 0.3 is 5.89 Å². The summed E-state index contributed by atoms with van der Waals surface area (Å²) in [7, 11) is 1.81. The molecule has 0 bridgehead atoms. The van der Waals surface area contributed by atoms with Crippen LogP contribution in [0.4, 0.5) is 0 Å². The molecule has 0 saturated carbocycles. The lowest BCUT2D eigenvalue weighted by molar-refractivity contribution is 0.540. The maximum Gasteiger partial charge on any atom is 0.300 e. The average molecular weight is 137 g/mol. The van der Waals surface area contributed by atoms with E-state index < -0.39 is 0 Å². The van der Waals surface area contributed by atoms with Crippen LogP contribution in [-0.2, 0) is 6.54 Å². The number of hydrogen-bond acceptors (Lipinski definition) is 4. The molecule has 1 N–H and O–H groups in total. The van der Waals surface area contributed by atoms with E-state index in [4.69, 9.17) is 9.68 Å². The monoisotopic (exact) mass is 137 g/mol. The molecule has 1 heterocycles. The van der Waals surface area contributed by atoms with E-state index in [0.717, 1.165) is 5.69 Å². The van der Waals surface area contributed by atoms with Gasteiger partial charge in [0.25, 0.3) is 0 Å². The molecule has 0 aliphatic heterocycles. The Morgan fingerprint density at radius 3 is 3.20 bits per heavy atom.